The zero-order valence-corrected chi connectivity index (χ0v) is 17.3. The minimum Gasteiger partial charge on any atom is -0.347 e. The maximum Gasteiger partial charge on any atom is 0.272 e. The predicted molar refractivity (Wildman–Crippen MR) is 116 cm³/mol. The molecular weight excluding hydrogens is 374 g/mol. The molecule has 6 heteroatoms. The molecule has 0 aliphatic carbocycles. The maximum atomic E-state index is 13.0. The number of amides is 1. The molecule has 1 atom stereocenters. The fourth-order valence-electron chi connectivity index (χ4n) is 3.84. The Kier molecular flexibility index (Phi) is 5.64. The van der Waals surface area contributed by atoms with E-state index in [0.29, 0.717) is 11.3 Å². The Hall–Kier alpha value is -3.43. The average Bonchev–Trinajstić information content (AvgIpc) is 3.20. The minimum absolute atomic E-state index is 0.138. The van der Waals surface area contributed by atoms with Crippen LogP contribution in [0.2, 0.25) is 0 Å². The van der Waals surface area contributed by atoms with Crippen molar-refractivity contribution in [2.24, 2.45) is 0 Å². The number of likely N-dealkylation sites (tertiary alicyclic amines) is 1. The van der Waals surface area contributed by atoms with Gasteiger partial charge in [0, 0.05) is 18.2 Å². The van der Waals surface area contributed by atoms with Crippen molar-refractivity contribution in [3.63, 3.8) is 0 Å². The summed E-state index contributed by atoms with van der Waals surface area (Å²) in [6.07, 6.45) is 2.06. The highest BCUT2D eigenvalue weighted by atomic mass is 16.2. The van der Waals surface area contributed by atoms with Crippen LogP contribution in [-0.2, 0) is 0 Å². The van der Waals surface area contributed by atoms with Crippen LogP contribution in [-0.4, -0.2) is 46.8 Å². The molecule has 1 amide bonds. The fraction of sp³-hybridized carbons (Fsp3) is 0.292. The molecule has 1 N–H and O–H groups in total. The van der Waals surface area contributed by atoms with Gasteiger partial charge in [0.05, 0.1) is 23.0 Å². The van der Waals surface area contributed by atoms with Crippen molar-refractivity contribution in [2.75, 3.05) is 20.1 Å². The van der Waals surface area contributed by atoms with E-state index >= 15 is 0 Å². The van der Waals surface area contributed by atoms with Crippen LogP contribution in [0.15, 0.2) is 54.6 Å². The molecule has 0 bridgehead atoms. The number of carbonyl (C=O) groups is 1. The van der Waals surface area contributed by atoms with E-state index in [4.69, 9.17) is 5.26 Å². The Morgan fingerprint density at radius 1 is 1.17 bits per heavy atom. The first kappa shape index (κ1) is 19.9. The number of aromatic nitrogens is 2. The number of nitrogens with zero attached hydrogens (tertiary/aromatic N) is 4. The summed E-state index contributed by atoms with van der Waals surface area (Å²) in [4.78, 5) is 15.2. The van der Waals surface area contributed by atoms with Crippen molar-refractivity contribution in [3.05, 3.63) is 71.4 Å². The Balaban J connectivity index is 1.68. The Morgan fingerprint density at radius 2 is 1.90 bits per heavy atom. The van der Waals surface area contributed by atoms with Crippen molar-refractivity contribution < 1.29 is 4.79 Å². The molecule has 152 valence electrons. The van der Waals surface area contributed by atoms with E-state index in [-0.39, 0.29) is 11.9 Å². The van der Waals surface area contributed by atoms with E-state index in [9.17, 15) is 4.79 Å². The van der Waals surface area contributed by atoms with E-state index in [1.54, 1.807) is 16.8 Å². The van der Waals surface area contributed by atoms with Crippen LogP contribution in [0.3, 0.4) is 0 Å². The molecule has 6 nitrogen and oxygen atoms in total. The second kappa shape index (κ2) is 8.52. The number of hydrogen-bond donors (Lipinski definition) is 1. The first-order valence-electron chi connectivity index (χ1n) is 10.2. The lowest BCUT2D eigenvalue weighted by Gasteiger charge is -2.29. The van der Waals surface area contributed by atoms with E-state index in [1.165, 1.54) is 0 Å². The number of piperidine rings is 1. The molecule has 2 aromatic carbocycles. The fourth-order valence-corrected chi connectivity index (χ4v) is 3.84. The van der Waals surface area contributed by atoms with Crippen LogP contribution in [0.25, 0.3) is 16.9 Å². The van der Waals surface area contributed by atoms with E-state index < -0.39 is 0 Å². The molecule has 3 aromatic rings. The lowest BCUT2D eigenvalue weighted by molar-refractivity contribution is 0.0907. The van der Waals surface area contributed by atoms with Gasteiger partial charge in [0.1, 0.15) is 0 Å². The van der Waals surface area contributed by atoms with Crippen LogP contribution in [0.5, 0.6) is 0 Å². The van der Waals surface area contributed by atoms with Gasteiger partial charge in [-0.25, -0.2) is 4.68 Å². The van der Waals surface area contributed by atoms with E-state index in [0.717, 1.165) is 48.4 Å². The Morgan fingerprint density at radius 3 is 2.57 bits per heavy atom. The van der Waals surface area contributed by atoms with Crippen molar-refractivity contribution in [2.45, 2.75) is 25.8 Å². The summed E-state index contributed by atoms with van der Waals surface area (Å²) in [7, 11) is 2.08. The topological polar surface area (TPSA) is 74.0 Å². The van der Waals surface area contributed by atoms with Crippen LogP contribution in [0.1, 0.15) is 34.5 Å². The summed E-state index contributed by atoms with van der Waals surface area (Å²) in [6.45, 7) is 3.96. The molecule has 1 unspecified atom stereocenters. The first-order chi connectivity index (χ1) is 14.5. The highest BCUT2D eigenvalue weighted by Gasteiger charge is 2.22. The molecule has 4 rings (SSSR count). The van der Waals surface area contributed by atoms with Gasteiger partial charge < -0.3 is 10.2 Å². The lowest BCUT2D eigenvalue weighted by atomic mass is 10.1. The Bertz CT molecular complexity index is 1080. The lowest BCUT2D eigenvalue weighted by Crippen LogP contribution is -2.46. The second-order valence-electron chi connectivity index (χ2n) is 7.93. The summed E-state index contributed by atoms with van der Waals surface area (Å²) < 4.78 is 1.79. The van der Waals surface area contributed by atoms with E-state index in [1.807, 2.05) is 49.4 Å². The number of nitriles is 1. The number of benzene rings is 2. The van der Waals surface area contributed by atoms with Gasteiger partial charge in [-0.2, -0.15) is 10.4 Å². The number of nitrogens with one attached hydrogen (secondary N) is 1. The third-order valence-electron chi connectivity index (χ3n) is 5.49. The predicted octanol–water partition coefficient (Wildman–Crippen LogP) is 3.54. The van der Waals surface area contributed by atoms with Crippen molar-refractivity contribution in [3.8, 4) is 23.0 Å². The van der Waals surface area contributed by atoms with Gasteiger partial charge in [-0.15, -0.1) is 0 Å². The second-order valence-corrected chi connectivity index (χ2v) is 7.93. The van der Waals surface area contributed by atoms with Gasteiger partial charge in [-0.05, 0) is 63.7 Å². The molecule has 2 heterocycles. The summed E-state index contributed by atoms with van der Waals surface area (Å²) in [5.74, 6) is -0.156. The zero-order chi connectivity index (χ0) is 21.1. The van der Waals surface area contributed by atoms with Crippen molar-refractivity contribution in [1.82, 2.24) is 20.0 Å². The smallest absolute Gasteiger partial charge is 0.272 e. The van der Waals surface area contributed by atoms with Crippen molar-refractivity contribution in [1.29, 1.82) is 5.26 Å². The highest BCUT2D eigenvalue weighted by Crippen LogP contribution is 2.25. The van der Waals surface area contributed by atoms with Gasteiger partial charge in [0.25, 0.3) is 5.91 Å². The normalized spacial score (nSPS) is 16.8. The molecular formula is C24H25N5O. The number of rotatable bonds is 4. The molecule has 1 saturated heterocycles. The van der Waals surface area contributed by atoms with Gasteiger partial charge in [-0.1, -0.05) is 29.8 Å². The van der Waals surface area contributed by atoms with Crippen LogP contribution >= 0.6 is 0 Å². The number of hydrogen-bond acceptors (Lipinski definition) is 4. The molecule has 1 aliphatic rings. The zero-order valence-electron chi connectivity index (χ0n) is 17.3. The van der Waals surface area contributed by atoms with Gasteiger partial charge in [0.15, 0.2) is 5.69 Å². The monoisotopic (exact) mass is 399 g/mol. The quantitative estimate of drug-likeness (QED) is 0.728. The number of likely N-dealkylation sites (N-methyl/N-ethyl adjacent to an activating group) is 1. The van der Waals surface area contributed by atoms with Crippen LogP contribution in [0.4, 0.5) is 0 Å². The van der Waals surface area contributed by atoms with Crippen molar-refractivity contribution >= 4 is 5.91 Å². The number of carbonyl (C=O) groups excluding carboxylic acids is 1. The number of aryl methyl sites for hydroxylation is 1. The average molecular weight is 399 g/mol. The van der Waals surface area contributed by atoms with Gasteiger partial charge in [-0.3, -0.25) is 4.79 Å². The maximum absolute atomic E-state index is 13.0. The van der Waals surface area contributed by atoms with Crippen LogP contribution < -0.4 is 5.32 Å². The molecule has 0 saturated carbocycles. The highest BCUT2D eigenvalue weighted by molar-refractivity contribution is 5.93. The summed E-state index contributed by atoms with van der Waals surface area (Å²) in [5.41, 5.74) is 4.75. The molecule has 1 fully saturated rings. The summed E-state index contributed by atoms with van der Waals surface area (Å²) in [5, 5.41) is 16.9. The van der Waals surface area contributed by atoms with Gasteiger partial charge >= 0.3 is 0 Å². The molecule has 1 aliphatic heterocycles. The first-order valence-corrected chi connectivity index (χ1v) is 10.2. The minimum atomic E-state index is -0.156. The van der Waals surface area contributed by atoms with E-state index in [2.05, 4.69) is 28.4 Å². The largest absolute Gasteiger partial charge is 0.347 e. The van der Waals surface area contributed by atoms with Gasteiger partial charge in [0.2, 0.25) is 0 Å². The third kappa shape index (κ3) is 4.27. The molecule has 0 radical (unpaired) electrons. The summed E-state index contributed by atoms with van der Waals surface area (Å²) >= 11 is 0. The van der Waals surface area contributed by atoms with Crippen LogP contribution in [0, 0.1) is 18.3 Å². The summed E-state index contributed by atoms with van der Waals surface area (Å²) in [6, 6.07) is 19.5. The molecule has 0 spiro atoms. The SMILES string of the molecule is Cc1ccc(-n2nc(C(=O)NC3CCCN(C)C3)cc2-c2ccc(C#N)cc2)cc1. The third-order valence-corrected chi connectivity index (χ3v) is 5.49. The standard InChI is InChI=1S/C24H25N5O/c1-17-5-11-21(12-6-17)29-23(19-9-7-18(15-25)8-10-19)14-22(27-29)24(30)26-20-4-3-13-28(2)16-20/h5-12,14,20H,3-4,13,16H2,1-2H3,(H,26,30). The molecule has 30 heavy (non-hydrogen) atoms. The Labute approximate surface area is 176 Å². The molecule has 1 aromatic heterocycles.